The lowest BCUT2D eigenvalue weighted by Crippen LogP contribution is -1.92. The fourth-order valence-corrected chi connectivity index (χ4v) is 1.56. The molecule has 0 atom stereocenters. The smallest absolute Gasteiger partial charge is 0.106 e. The number of nitrogens with zero attached hydrogens (tertiary/aromatic N) is 1. The van der Waals surface area contributed by atoms with Crippen LogP contribution in [0.3, 0.4) is 0 Å². The minimum absolute atomic E-state index is 0.404. The van der Waals surface area contributed by atoms with Crippen LogP contribution in [0.4, 0.5) is 0 Å². The Hall–Kier alpha value is 0.210. The van der Waals surface area contributed by atoms with Crippen LogP contribution in [0.2, 0.25) is 0 Å². The van der Waals surface area contributed by atoms with Gasteiger partial charge >= 0.3 is 0 Å². The van der Waals surface area contributed by atoms with Crippen molar-refractivity contribution >= 4 is 39.1 Å². The van der Waals surface area contributed by atoms with E-state index in [-0.39, 0.29) is 0 Å². The Kier molecular flexibility index (Phi) is 3.63. The second-order valence-corrected chi connectivity index (χ2v) is 3.35. The van der Waals surface area contributed by atoms with Gasteiger partial charge in [-0.25, -0.2) is 4.98 Å². The highest BCUT2D eigenvalue weighted by molar-refractivity contribution is 9.10. The summed E-state index contributed by atoms with van der Waals surface area (Å²) in [6.07, 6.45) is 0. The lowest BCUT2D eigenvalue weighted by molar-refractivity contribution is 1.09. The maximum Gasteiger partial charge on any atom is 0.106 e. The Labute approximate surface area is 83.9 Å². The zero-order valence-corrected chi connectivity index (χ0v) is 8.75. The van der Waals surface area contributed by atoms with Crippen molar-refractivity contribution in [2.45, 2.75) is 11.8 Å². The first-order chi connectivity index (χ1) is 5.27. The quantitative estimate of drug-likeness (QED) is 0.583. The third-order valence-electron chi connectivity index (χ3n) is 1.31. The first kappa shape index (κ1) is 9.30. The lowest BCUT2D eigenvalue weighted by Gasteiger charge is -2.01. The van der Waals surface area contributed by atoms with Gasteiger partial charge in [-0.1, -0.05) is 6.07 Å². The van der Waals surface area contributed by atoms with E-state index in [0.29, 0.717) is 11.8 Å². The predicted molar refractivity (Wildman–Crippen MR) is 51.1 cm³/mol. The monoisotopic (exact) mass is 253 g/mol. The minimum atomic E-state index is 0.404. The van der Waals surface area contributed by atoms with Gasteiger partial charge in [-0.15, -0.1) is 23.2 Å². The van der Waals surface area contributed by atoms with Gasteiger partial charge in [0.1, 0.15) is 4.60 Å². The van der Waals surface area contributed by atoms with E-state index >= 15 is 0 Å². The van der Waals surface area contributed by atoms with Gasteiger partial charge in [0.25, 0.3) is 0 Å². The standard InChI is InChI=1S/C7H6BrCl2N/c8-7-2-1-5(3-9)6(4-10)11-7/h1-2H,3-4H2. The molecular formula is C7H6BrCl2N. The average Bonchev–Trinajstić information content (AvgIpc) is 2.04. The summed E-state index contributed by atoms with van der Waals surface area (Å²) in [5, 5.41) is 0. The van der Waals surface area contributed by atoms with Crippen LogP contribution >= 0.6 is 39.1 Å². The van der Waals surface area contributed by atoms with Crippen molar-refractivity contribution < 1.29 is 0 Å². The van der Waals surface area contributed by atoms with E-state index < -0.39 is 0 Å². The van der Waals surface area contributed by atoms with Crippen LogP contribution in [0, 0.1) is 0 Å². The first-order valence-electron chi connectivity index (χ1n) is 3.04. The van der Waals surface area contributed by atoms with E-state index in [1.807, 2.05) is 12.1 Å². The van der Waals surface area contributed by atoms with Crippen LogP contribution in [0.5, 0.6) is 0 Å². The Morgan fingerprint density at radius 3 is 2.55 bits per heavy atom. The van der Waals surface area contributed by atoms with Gasteiger partial charge < -0.3 is 0 Å². The largest absolute Gasteiger partial charge is 0.244 e. The molecule has 0 amide bonds. The molecule has 60 valence electrons. The molecule has 0 aliphatic rings. The van der Waals surface area contributed by atoms with Crippen molar-refractivity contribution in [1.29, 1.82) is 0 Å². The molecule has 1 aromatic rings. The predicted octanol–water partition coefficient (Wildman–Crippen LogP) is 3.32. The van der Waals surface area contributed by atoms with Gasteiger partial charge in [0, 0.05) is 5.88 Å². The fraction of sp³-hybridized carbons (Fsp3) is 0.286. The number of rotatable bonds is 2. The zero-order chi connectivity index (χ0) is 8.27. The molecular weight excluding hydrogens is 249 g/mol. The highest BCUT2D eigenvalue weighted by Crippen LogP contribution is 2.15. The summed E-state index contributed by atoms with van der Waals surface area (Å²) < 4.78 is 0.794. The molecule has 0 saturated heterocycles. The molecule has 0 unspecified atom stereocenters. The van der Waals surface area contributed by atoms with Crippen molar-refractivity contribution in [3.63, 3.8) is 0 Å². The Morgan fingerprint density at radius 2 is 2.00 bits per heavy atom. The summed E-state index contributed by atoms with van der Waals surface area (Å²) >= 11 is 14.5. The molecule has 0 N–H and O–H groups in total. The van der Waals surface area contributed by atoms with Crippen molar-refractivity contribution in [3.8, 4) is 0 Å². The Morgan fingerprint density at radius 1 is 1.27 bits per heavy atom. The van der Waals surface area contributed by atoms with E-state index in [9.17, 15) is 0 Å². The molecule has 1 nitrogen and oxygen atoms in total. The molecule has 0 saturated carbocycles. The third-order valence-corrected chi connectivity index (χ3v) is 2.29. The first-order valence-corrected chi connectivity index (χ1v) is 4.90. The average molecular weight is 255 g/mol. The van der Waals surface area contributed by atoms with Crippen LogP contribution in [-0.4, -0.2) is 4.98 Å². The summed E-state index contributed by atoms with van der Waals surface area (Å²) in [6.45, 7) is 0. The maximum atomic E-state index is 5.65. The van der Waals surface area contributed by atoms with Crippen molar-refractivity contribution in [2.24, 2.45) is 0 Å². The summed E-state index contributed by atoms with van der Waals surface area (Å²) in [5.41, 5.74) is 1.83. The van der Waals surface area contributed by atoms with Crippen LogP contribution in [0.25, 0.3) is 0 Å². The summed E-state index contributed by atoms with van der Waals surface area (Å²) in [7, 11) is 0. The minimum Gasteiger partial charge on any atom is -0.244 e. The van der Waals surface area contributed by atoms with Gasteiger partial charge in [-0.05, 0) is 27.6 Å². The lowest BCUT2D eigenvalue weighted by atomic mass is 10.2. The molecule has 0 radical (unpaired) electrons. The molecule has 0 aromatic carbocycles. The van der Waals surface area contributed by atoms with Gasteiger partial charge in [0.05, 0.1) is 11.6 Å². The fourth-order valence-electron chi connectivity index (χ4n) is 0.741. The van der Waals surface area contributed by atoms with E-state index in [2.05, 4.69) is 20.9 Å². The Bertz CT molecular complexity index is 252. The highest BCUT2D eigenvalue weighted by atomic mass is 79.9. The van der Waals surface area contributed by atoms with Crippen LogP contribution < -0.4 is 0 Å². The molecule has 0 spiro atoms. The van der Waals surface area contributed by atoms with Crippen LogP contribution in [0.15, 0.2) is 16.7 Å². The maximum absolute atomic E-state index is 5.65. The number of hydrogen-bond donors (Lipinski definition) is 0. The SMILES string of the molecule is ClCc1ccc(Br)nc1CCl. The van der Waals surface area contributed by atoms with Crippen LogP contribution in [-0.2, 0) is 11.8 Å². The van der Waals surface area contributed by atoms with Crippen molar-refractivity contribution in [2.75, 3.05) is 0 Å². The Balaban J connectivity index is 3.06. The van der Waals surface area contributed by atoms with E-state index in [1.165, 1.54) is 0 Å². The van der Waals surface area contributed by atoms with E-state index in [1.54, 1.807) is 0 Å². The number of hydrogen-bond acceptors (Lipinski definition) is 1. The summed E-state index contributed by atoms with van der Waals surface area (Å²) in [5.74, 6) is 0.865. The molecule has 1 rings (SSSR count). The van der Waals surface area contributed by atoms with Gasteiger partial charge in [-0.2, -0.15) is 0 Å². The molecule has 0 aliphatic carbocycles. The normalized spacial score (nSPS) is 10.1. The number of alkyl halides is 2. The molecule has 4 heteroatoms. The molecule has 1 aromatic heterocycles. The van der Waals surface area contributed by atoms with Gasteiger partial charge in [0.2, 0.25) is 0 Å². The molecule has 0 fully saturated rings. The molecule has 11 heavy (non-hydrogen) atoms. The second-order valence-electron chi connectivity index (χ2n) is 2.01. The van der Waals surface area contributed by atoms with Gasteiger partial charge in [-0.3, -0.25) is 0 Å². The van der Waals surface area contributed by atoms with Crippen molar-refractivity contribution in [1.82, 2.24) is 4.98 Å². The number of aromatic nitrogens is 1. The van der Waals surface area contributed by atoms with E-state index in [4.69, 9.17) is 23.2 Å². The third kappa shape index (κ3) is 2.32. The topological polar surface area (TPSA) is 12.9 Å². The van der Waals surface area contributed by atoms with Crippen molar-refractivity contribution in [3.05, 3.63) is 28.0 Å². The molecule has 0 bridgehead atoms. The van der Waals surface area contributed by atoms with E-state index in [0.717, 1.165) is 15.9 Å². The molecule has 1 heterocycles. The second kappa shape index (κ2) is 4.29. The number of halogens is 3. The summed E-state index contributed by atoms with van der Waals surface area (Å²) in [4.78, 5) is 4.16. The summed E-state index contributed by atoms with van der Waals surface area (Å²) in [6, 6.07) is 3.77. The number of pyridine rings is 1. The molecule has 0 aliphatic heterocycles. The van der Waals surface area contributed by atoms with Crippen LogP contribution in [0.1, 0.15) is 11.3 Å². The van der Waals surface area contributed by atoms with Gasteiger partial charge in [0.15, 0.2) is 0 Å². The zero-order valence-electron chi connectivity index (χ0n) is 5.65. The highest BCUT2D eigenvalue weighted by Gasteiger charge is 2.01.